The van der Waals surface area contributed by atoms with E-state index in [1.807, 2.05) is 0 Å². The molecule has 2 aromatic rings. The minimum atomic E-state index is -4.81. The Morgan fingerprint density at radius 1 is 1.03 bits per heavy atom. The summed E-state index contributed by atoms with van der Waals surface area (Å²) in [5.41, 5.74) is 5.76. The topological polar surface area (TPSA) is 87.3 Å². The van der Waals surface area contributed by atoms with Gasteiger partial charge in [-0.3, -0.25) is 0 Å². The van der Waals surface area contributed by atoms with Crippen molar-refractivity contribution in [3.63, 3.8) is 0 Å². The summed E-state index contributed by atoms with van der Waals surface area (Å²) in [6.45, 7) is 0.347. The van der Waals surface area contributed by atoms with Crippen molar-refractivity contribution in [2.45, 2.75) is 6.36 Å². The van der Waals surface area contributed by atoms with Crippen LogP contribution in [0.15, 0.2) is 47.5 Å². The third-order valence-electron chi connectivity index (χ3n) is 3.34. The summed E-state index contributed by atoms with van der Waals surface area (Å²) in [4.78, 5) is 4.02. The number of guanidine groups is 1. The lowest BCUT2D eigenvalue weighted by molar-refractivity contribution is -0.274. The summed E-state index contributed by atoms with van der Waals surface area (Å²) in [6.07, 6.45) is -4.81. The Morgan fingerprint density at radius 3 is 2.21 bits per heavy atom. The van der Waals surface area contributed by atoms with E-state index in [2.05, 4.69) is 15.0 Å². The second-order valence-electron chi connectivity index (χ2n) is 5.33. The van der Waals surface area contributed by atoms with Gasteiger partial charge in [-0.2, -0.15) is 0 Å². The van der Waals surface area contributed by atoms with E-state index in [4.69, 9.17) is 19.9 Å². The van der Waals surface area contributed by atoms with E-state index in [0.717, 1.165) is 0 Å². The van der Waals surface area contributed by atoms with Gasteiger partial charge in [0.2, 0.25) is 0 Å². The summed E-state index contributed by atoms with van der Waals surface area (Å²) in [6, 6.07) is 10.6. The molecule has 11 heteroatoms. The Hall–Kier alpha value is -2.57. The van der Waals surface area contributed by atoms with Crippen molar-refractivity contribution in [2.75, 3.05) is 32.7 Å². The van der Waals surface area contributed by atoms with Gasteiger partial charge in [0, 0.05) is 18.2 Å². The van der Waals surface area contributed by atoms with Gasteiger partial charge in [-0.05, 0) is 12.1 Å². The zero-order valence-corrected chi connectivity index (χ0v) is 18.0. The average molecular weight is 527 g/mol. The molecule has 0 bridgehead atoms. The molecule has 0 heterocycles. The highest BCUT2D eigenvalue weighted by Crippen LogP contribution is 2.30. The molecule has 0 saturated heterocycles. The number of nitrogens with one attached hydrogen (secondary N) is 1. The van der Waals surface area contributed by atoms with Crippen LogP contribution in [0.3, 0.4) is 0 Å². The van der Waals surface area contributed by atoms with Gasteiger partial charge in [-0.15, -0.1) is 37.1 Å². The number of methoxy groups -OCH3 is 2. The first-order valence-electron chi connectivity index (χ1n) is 8.08. The number of rotatable bonds is 8. The van der Waals surface area contributed by atoms with Crippen LogP contribution in [0.5, 0.6) is 23.0 Å². The van der Waals surface area contributed by atoms with Gasteiger partial charge >= 0.3 is 6.36 Å². The molecule has 0 aromatic heterocycles. The molecule has 2 aromatic carbocycles. The van der Waals surface area contributed by atoms with Crippen molar-refractivity contribution in [3.05, 3.63) is 42.5 Å². The lowest BCUT2D eigenvalue weighted by Gasteiger charge is -2.14. The van der Waals surface area contributed by atoms with E-state index in [-0.39, 0.29) is 48.8 Å². The molecule has 0 unspecified atom stereocenters. The highest BCUT2D eigenvalue weighted by atomic mass is 127. The quantitative estimate of drug-likeness (QED) is 0.234. The van der Waals surface area contributed by atoms with Gasteiger partial charge in [-0.25, -0.2) is 4.99 Å². The number of hydrogen-bond acceptors (Lipinski definition) is 5. The van der Waals surface area contributed by atoms with Crippen LogP contribution in [0.2, 0.25) is 0 Å². The van der Waals surface area contributed by atoms with E-state index < -0.39 is 12.1 Å². The fourth-order valence-corrected chi connectivity index (χ4v) is 2.16. The number of halogens is 4. The van der Waals surface area contributed by atoms with Crippen molar-refractivity contribution in [1.82, 2.24) is 0 Å². The van der Waals surface area contributed by atoms with Crippen molar-refractivity contribution in [3.8, 4) is 23.0 Å². The Bertz CT molecular complexity index is 797. The van der Waals surface area contributed by atoms with Crippen LogP contribution in [0, 0.1) is 0 Å². The summed E-state index contributed by atoms with van der Waals surface area (Å²) in [7, 11) is 3.05. The van der Waals surface area contributed by atoms with E-state index in [0.29, 0.717) is 17.2 Å². The SMILES string of the molecule is COc1cc(OC)cc(OCCN=C(N)Nc2ccccc2OC(F)(F)F)c1.I. The van der Waals surface area contributed by atoms with Crippen molar-refractivity contribution in [1.29, 1.82) is 0 Å². The number of ether oxygens (including phenoxy) is 4. The predicted molar refractivity (Wildman–Crippen MR) is 114 cm³/mol. The third-order valence-corrected chi connectivity index (χ3v) is 3.34. The molecular weight excluding hydrogens is 506 g/mol. The van der Waals surface area contributed by atoms with Crippen LogP contribution in [-0.4, -0.2) is 39.7 Å². The second-order valence-corrected chi connectivity index (χ2v) is 5.33. The van der Waals surface area contributed by atoms with Crippen LogP contribution < -0.4 is 30.0 Å². The third kappa shape index (κ3) is 8.54. The van der Waals surface area contributed by atoms with Crippen LogP contribution in [-0.2, 0) is 0 Å². The first-order chi connectivity index (χ1) is 13.3. The predicted octanol–water partition coefficient (Wildman–Crippen LogP) is 4.03. The van der Waals surface area contributed by atoms with Gasteiger partial charge in [0.25, 0.3) is 0 Å². The molecule has 0 aliphatic rings. The number of aliphatic imine (C=N–C) groups is 1. The largest absolute Gasteiger partial charge is 0.573 e. The summed E-state index contributed by atoms with van der Waals surface area (Å²) in [5.74, 6) is 1.17. The molecule has 160 valence electrons. The summed E-state index contributed by atoms with van der Waals surface area (Å²) >= 11 is 0. The molecule has 3 N–H and O–H groups in total. The monoisotopic (exact) mass is 527 g/mol. The zero-order valence-electron chi connectivity index (χ0n) is 15.7. The maximum absolute atomic E-state index is 12.4. The van der Waals surface area contributed by atoms with Gasteiger partial charge < -0.3 is 30.0 Å². The van der Waals surface area contributed by atoms with Crippen LogP contribution in [0.25, 0.3) is 0 Å². The van der Waals surface area contributed by atoms with Crippen molar-refractivity contribution < 1.29 is 32.1 Å². The van der Waals surface area contributed by atoms with Gasteiger partial charge in [0.1, 0.15) is 23.9 Å². The van der Waals surface area contributed by atoms with Gasteiger partial charge in [-0.1, -0.05) is 12.1 Å². The van der Waals surface area contributed by atoms with Gasteiger partial charge in [0.15, 0.2) is 11.7 Å². The number of alkyl halides is 3. The molecule has 2 rings (SSSR count). The Morgan fingerprint density at radius 2 is 1.62 bits per heavy atom. The zero-order chi connectivity index (χ0) is 20.6. The lowest BCUT2D eigenvalue weighted by Crippen LogP contribution is -2.25. The van der Waals surface area contributed by atoms with Crippen LogP contribution >= 0.6 is 24.0 Å². The van der Waals surface area contributed by atoms with Crippen LogP contribution in [0.1, 0.15) is 0 Å². The number of nitrogens with zero attached hydrogens (tertiary/aromatic N) is 1. The maximum atomic E-state index is 12.4. The molecule has 0 aliphatic carbocycles. The smallest absolute Gasteiger partial charge is 0.496 e. The molecule has 7 nitrogen and oxygen atoms in total. The number of hydrogen-bond donors (Lipinski definition) is 2. The molecule has 0 amide bonds. The molecular formula is C18H21F3IN3O4. The fraction of sp³-hybridized carbons (Fsp3) is 0.278. The highest BCUT2D eigenvalue weighted by Gasteiger charge is 2.32. The van der Waals surface area contributed by atoms with Gasteiger partial charge in [0.05, 0.1) is 26.5 Å². The normalized spacial score (nSPS) is 11.3. The second kappa shape index (κ2) is 11.4. The van der Waals surface area contributed by atoms with E-state index in [9.17, 15) is 13.2 Å². The van der Waals surface area contributed by atoms with E-state index >= 15 is 0 Å². The molecule has 0 atom stereocenters. The number of anilines is 1. The first kappa shape index (κ1) is 24.5. The molecule has 0 fully saturated rings. The maximum Gasteiger partial charge on any atom is 0.573 e. The van der Waals surface area contributed by atoms with Crippen LogP contribution in [0.4, 0.5) is 18.9 Å². The van der Waals surface area contributed by atoms with Crippen molar-refractivity contribution in [2.24, 2.45) is 10.7 Å². The number of nitrogens with two attached hydrogens (primary N) is 1. The standard InChI is InChI=1S/C18H20F3N3O4.HI/c1-25-12-9-13(26-2)11-14(10-12)27-8-7-23-17(22)24-15-5-3-4-6-16(15)28-18(19,20)21;/h3-6,9-11H,7-8H2,1-2H3,(H3,22,23,24);1H. The molecule has 29 heavy (non-hydrogen) atoms. The number of benzene rings is 2. The highest BCUT2D eigenvalue weighted by molar-refractivity contribution is 14.0. The fourth-order valence-electron chi connectivity index (χ4n) is 2.16. The molecule has 0 aliphatic heterocycles. The Kier molecular flexibility index (Phi) is 9.65. The minimum absolute atomic E-state index is 0. The lowest BCUT2D eigenvalue weighted by atomic mass is 10.3. The first-order valence-corrected chi connectivity index (χ1v) is 8.08. The number of para-hydroxylation sites is 2. The molecule has 0 radical (unpaired) electrons. The minimum Gasteiger partial charge on any atom is -0.496 e. The van der Waals surface area contributed by atoms with E-state index in [1.165, 1.54) is 38.5 Å². The van der Waals surface area contributed by atoms with E-state index in [1.54, 1.807) is 18.2 Å². The molecule has 0 spiro atoms. The average Bonchev–Trinajstić information content (AvgIpc) is 2.65. The molecule has 0 saturated carbocycles. The summed E-state index contributed by atoms with van der Waals surface area (Å²) in [5, 5.41) is 2.58. The Labute approximate surface area is 183 Å². The summed E-state index contributed by atoms with van der Waals surface area (Å²) < 4.78 is 57.1. The Balaban J connectivity index is 0.00000420. The van der Waals surface area contributed by atoms with Crippen molar-refractivity contribution >= 4 is 35.6 Å².